The average molecular weight is 171 g/mol. The summed E-state index contributed by atoms with van der Waals surface area (Å²) in [5, 5.41) is 8.64. The first-order valence-corrected chi connectivity index (χ1v) is 4.66. The molecule has 0 radical (unpaired) electrons. The molecule has 3 heteroatoms. The molecule has 0 saturated heterocycles. The van der Waals surface area contributed by atoms with Crippen molar-refractivity contribution in [3.05, 3.63) is 0 Å². The van der Waals surface area contributed by atoms with E-state index in [9.17, 15) is 4.79 Å². The Morgan fingerprint density at radius 3 is 2.42 bits per heavy atom. The molecule has 0 bridgehead atoms. The van der Waals surface area contributed by atoms with E-state index >= 15 is 0 Å². The minimum atomic E-state index is -0.680. The number of hydrogen-bond acceptors (Lipinski definition) is 2. The fourth-order valence-electron chi connectivity index (χ4n) is 2.09. The summed E-state index contributed by atoms with van der Waals surface area (Å²) in [6.45, 7) is 0.651. The van der Waals surface area contributed by atoms with Gasteiger partial charge < -0.3 is 10.8 Å². The second kappa shape index (κ2) is 4.45. The van der Waals surface area contributed by atoms with Crippen molar-refractivity contribution in [2.75, 3.05) is 6.54 Å². The first-order chi connectivity index (χ1) is 5.74. The van der Waals surface area contributed by atoms with Gasteiger partial charge in [0.1, 0.15) is 0 Å². The first-order valence-electron chi connectivity index (χ1n) is 4.66. The van der Waals surface area contributed by atoms with Crippen molar-refractivity contribution in [3.8, 4) is 0 Å². The zero-order chi connectivity index (χ0) is 8.97. The van der Waals surface area contributed by atoms with Crippen LogP contribution in [0.2, 0.25) is 0 Å². The van der Waals surface area contributed by atoms with E-state index in [1.54, 1.807) is 0 Å². The molecule has 2 atom stereocenters. The minimum Gasteiger partial charge on any atom is -0.481 e. The van der Waals surface area contributed by atoms with Gasteiger partial charge in [0.15, 0.2) is 0 Å². The van der Waals surface area contributed by atoms with E-state index < -0.39 is 5.97 Å². The normalized spacial score (nSPS) is 30.1. The van der Waals surface area contributed by atoms with E-state index in [1.165, 1.54) is 12.8 Å². The van der Waals surface area contributed by atoms with Gasteiger partial charge in [-0.1, -0.05) is 12.8 Å². The van der Waals surface area contributed by atoms with Crippen LogP contribution < -0.4 is 5.73 Å². The third kappa shape index (κ3) is 2.48. The summed E-state index contributed by atoms with van der Waals surface area (Å²) in [7, 11) is 0. The standard InChI is InChI=1S/C9H17NO2/c10-6-8-4-2-1-3-7(8)5-9(11)12/h7-8H,1-6,10H2,(H,11,12)/t7-,8-/m1/s1. The smallest absolute Gasteiger partial charge is 0.303 e. The van der Waals surface area contributed by atoms with Crippen LogP contribution in [-0.4, -0.2) is 17.6 Å². The molecule has 3 N–H and O–H groups in total. The highest BCUT2D eigenvalue weighted by atomic mass is 16.4. The molecule has 0 aliphatic heterocycles. The van der Waals surface area contributed by atoms with Gasteiger partial charge in [0.2, 0.25) is 0 Å². The summed E-state index contributed by atoms with van der Waals surface area (Å²) >= 11 is 0. The van der Waals surface area contributed by atoms with Crippen LogP contribution in [0.1, 0.15) is 32.1 Å². The molecule has 1 saturated carbocycles. The van der Waals surface area contributed by atoms with Gasteiger partial charge >= 0.3 is 5.97 Å². The van der Waals surface area contributed by atoms with Crippen molar-refractivity contribution in [1.82, 2.24) is 0 Å². The number of aliphatic carboxylic acids is 1. The summed E-state index contributed by atoms with van der Waals surface area (Å²) in [6, 6.07) is 0. The highest BCUT2D eigenvalue weighted by Gasteiger charge is 2.25. The fraction of sp³-hybridized carbons (Fsp3) is 0.889. The Hall–Kier alpha value is -0.570. The molecule has 1 fully saturated rings. The molecule has 12 heavy (non-hydrogen) atoms. The number of carboxylic acid groups (broad SMARTS) is 1. The Bertz CT molecular complexity index is 159. The maximum atomic E-state index is 10.5. The maximum absolute atomic E-state index is 10.5. The van der Waals surface area contributed by atoms with Gasteiger partial charge in [-0.2, -0.15) is 0 Å². The zero-order valence-corrected chi connectivity index (χ0v) is 7.33. The number of nitrogens with two attached hydrogens (primary N) is 1. The lowest BCUT2D eigenvalue weighted by Gasteiger charge is -2.29. The SMILES string of the molecule is NC[C@H]1CCCC[C@@H]1CC(=O)O. The summed E-state index contributed by atoms with van der Waals surface area (Å²) in [6.07, 6.45) is 4.87. The van der Waals surface area contributed by atoms with E-state index in [0.717, 1.165) is 12.8 Å². The van der Waals surface area contributed by atoms with E-state index in [0.29, 0.717) is 24.8 Å². The van der Waals surface area contributed by atoms with E-state index in [-0.39, 0.29) is 0 Å². The predicted molar refractivity (Wildman–Crippen MR) is 46.8 cm³/mol. The van der Waals surface area contributed by atoms with Gasteiger partial charge in [-0.15, -0.1) is 0 Å². The fourth-order valence-corrected chi connectivity index (χ4v) is 2.09. The second-order valence-electron chi connectivity index (χ2n) is 3.64. The summed E-state index contributed by atoms with van der Waals surface area (Å²) in [5.74, 6) is 0.108. The summed E-state index contributed by atoms with van der Waals surface area (Å²) in [5.41, 5.74) is 5.58. The Balaban J connectivity index is 2.41. The molecule has 0 spiro atoms. The molecular formula is C9H17NO2. The van der Waals surface area contributed by atoms with Crippen LogP contribution in [0.5, 0.6) is 0 Å². The lowest BCUT2D eigenvalue weighted by molar-refractivity contribution is -0.138. The second-order valence-corrected chi connectivity index (χ2v) is 3.64. The summed E-state index contributed by atoms with van der Waals surface area (Å²) in [4.78, 5) is 10.5. The third-order valence-corrected chi connectivity index (χ3v) is 2.81. The summed E-state index contributed by atoms with van der Waals surface area (Å²) < 4.78 is 0. The Morgan fingerprint density at radius 1 is 1.33 bits per heavy atom. The molecule has 1 aliphatic carbocycles. The first kappa shape index (κ1) is 9.52. The molecule has 0 aromatic rings. The highest BCUT2D eigenvalue weighted by Crippen LogP contribution is 2.31. The van der Waals surface area contributed by atoms with Crippen LogP contribution in [0.25, 0.3) is 0 Å². The largest absolute Gasteiger partial charge is 0.481 e. The molecule has 1 rings (SSSR count). The van der Waals surface area contributed by atoms with Crippen molar-refractivity contribution in [2.45, 2.75) is 32.1 Å². The van der Waals surface area contributed by atoms with Crippen LogP contribution in [0.4, 0.5) is 0 Å². The van der Waals surface area contributed by atoms with Crippen LogP contribution in [0.3, 0.4) is 0 Å². The maximum Gasteiger partial charge on any atom is 0.303 e. The molecule has 1 aliphatic rings. The molecule has 0 aromatic heterocycles. The molecule has 0 aromatic carbocycles. The molecule has 70 valence electrons. The van der Waals surface area contributed by atoms with Gasteiger partial charge in [-0.05, 0) is 31.2 Å². The highest BCUT2D eigenvalue weighted by molar-refractivity contribution is 5.67. The number of carbonyl (C=O) groups is 1. The van der Waals surface area contributed by atoms with E-state index in [2.05, 4.69) is 0 Å². The van der Waals surface area contributed by atoms with Gasteiger partial charge in [0.25, 0.3) is 0 Å². The lowest BCUT2D eigenvalue weighted by Crippen LogP contribution is -2.28. The van der Waals surface area contributed by atoms with Gasteiger partial charge in [0.05, 0.1) is 0 Å². The van der Waals surface area contributed by atoms with Crippen LogP contribution >= 0.6 is 0 Å². The minimum absolute atomic E-state index is 0.307. The number of carboxylic acids is 1. The van der Waals surface area contributed by atoms with E-state index in [1.807, 2.05) is 0 Å². The molecule has 0 heterocycles. The zero-order valence-electron chi connectivity index (χ0n) is 7.33. The topological polar surface area (TPSA) is 63.3 Å². The van der Waals surface area contributed by atoms with Crippen molar-refractivity contribution < 1.29 is 9.90 Å². The van der Waals surface area contributed by atoms with Gasteiger partial charge in [0, 0.05) is 6.42 Å². The van der Waals surface area contributed by atoms with Crippen LogP contribution in [0, 0.1) is 11.8 Å². The average Bonchev–Trinajstić information content (AvgIpc) is 2.04. The van der Waals surface area contributed by atoms with Crippen LogP contribution in [0.15, 0.2) is 0 Å². The van der Waals surface area contributed by atoms with Crippen molar-refractivity contribution in [1.29, 1.82) is 0 Å². The Morgan fingerprint density at radius 2 is 1.92 bits per heavy atom. The van der Waals surface area contributed by atoms with Crippen molar-refractivity contribution >= 4 is 5.97 Å². The number of rotatable bonds is 3. The quantitative estimate of drug-likeness (QED) is 0.671. The van der Waals surface area contributed by atoms with Crippen molar-refractivity contribution in [2.24, 2.45) is 17.6 Å². The van der Waals surface area contributed by atoms with Gasteiger partial charge in [-0.3, -0.25) is 4.79 Å². The third-order valence-electron chi connectivity index (χ3n) is 2.81. The Kier molecular flexibility index (Phi) is 3.53. The molecule has 0 unspecified atom stereocenters. The van der Waals surface area contributed by atoms with Gasteiger partial charge in [-0.25, -0.2) is 0 Å². The lowest BCUT2D eigenvalue weighted by atomic mass is 9.77. The molecule has 0 amide bonds. The molecular weight excluding hydrogens is 154 g/mol. The number of hydrogen-bond donors (Lipinski definition) is 2. The monoisotopic (exact) mass is 171 g/mol. The van der Waals surface area contributed by atoms with Crippen LogP contribution in [-0.2, 0) is 4.79 Å². The Labute approximate surface area is 72.9 Å². The van der Waals surface area contributed by atoms with E-state index in [4.69, 9.17) is 10.8 Å². The van der Waals surface area contributed by atoms with Crippen molar-refractivity contribution in [3.63, 3.8) is 0 Å². The molecule has 3 nitrogen and oxygen atoms in total. The predicted octanol–water partition coefficient (Wildman–Crippen LogP) is 1.23.